The average Bonchev–Trinajstić information content (AvgIpc) is 2.49. The van der Waals surface area contributed by atoms with E-state index in [1.54, 1.807) is 6.92 Å². The minimum absolute atomic E-state index is 0.205. The van der Waals surface area contributed by atoms with E-state index in [1.165, 1.54) is 6.92 Å². The molecule has 0 bridgehead atoms. The fourth-order valence-corrected chi connectivity index (χ4v) is 2.08. The van der Waals surface area contributed by atoms with Crippen molar-refractivity contribution in [3.8, 4) is 0 Å². The Bertz CT molecular complexity index is 478. The van der Waals surface area contributed by atoms with E-state index in [4.69, 9.17) is 0 Å². The van der Waals surface area contributed by atoms with Crippen LogP contribution >= 0.6 is 0 Å². The van der Waals surface area contributed by atoms with Crippen molar-refractivity contribution in [3.05, 3.63) is 0 Å². The fourth-order valence-electron chi connectivity index (χ4n) is 2.08. The van der Waals surface area contributed by atoms with Crippen molar-refractivity contribution in [1.29, 1.82) is 0 Å². The third-order valence-electron chi connectivity index (χ3n) is 4.00. The number of rotatable bonds is 10. The lowest BCUT2D eigenvalue weighted by molar-refractivity contribution is -0.440. The predicted octanol–water partition coefficient (Wildman–Crippen LogP) is 7.33. The van der Waals surface area contributed by atoms with Crippen LogP contribution in [0.5, 0.6) is 0 Å². The summed E-state index contributed by atoms with van der Waals surface area (Å²) in [4.78, 5) is 0. The molecule has 0 aliphatic carbocycles. The molecule has 0 saturated heterocycles. The lowest BCUT2D eigenvalue weighted by Gasteiger charge is -2.40. The van der Waals surface area contributed by atoms with E-state index in [9.17, 15) is 57.1 Å². The summed E-state index contributed by atoms with van der Waals surface area (Å²) in [6, 6.07) is 0. The van der Waals surface area contributed by atoms with Gasteiger partial charge in [0.25, 0.3) is 0 Å². The van der Waals surface area contributed by atoms with E-state index in [2.05, 4.69) is 0 Å². The topological polar surface area (TPSA) is 0 Å². The number of hydrogen-bond acceptors (Lipinski definition) is 0. The standard InChI is InChI=1S/C14H17F13/c1-3-4-5-8(2)6-7-9(15,16)10(17,18)11(19,20)12(21,22)13(23,24)14(25,26)27/h8H,3-7H2,1-2H3. The normalized spacial score (nSPS) is 16.6. The molecule has 0 radical (unpaired) electrons. The van der Waals surface area contributed by atoms with Crippen molar-refractivity contribution in [3.63, 3.8) is 0 Å². The van der Waals surface area contributed by atoms with Gasteiger partial charge in [0, 0.05) is 6.42 Å². The van der Waals surface area contributed by atoms with Gasteiger partial charge in [-0.1, -0.05) is 33.1 Å². The fraction of sp³-hybridized carbons (Fsp3) is 1.00. The molecule has 0 spiro atoms. The van der Waals surface area contributed by atoms with Crippen LogP contribution < -0.4 is 0 Å². The molecule has 0 aromatic heterocycles. The highest BCUT2D eigenvalue weighted by atomic mass is 19.4. The Hall–Kier alpha value is -0.910. The van der Waals surface area contributed by atoms with Crippen LogP contribution in [0.15, 0.2) is 0 Å². The van der Waals surface area contributed by atoms with Crippen LogP contribution in [0.2, 0.25) is 0 Å². The number of halogens is 13. The summed E-state index contributed by atoms with van der Waals surface area (Å²) in [5, 5.41) is 0. The van der Waals surface area contributed by atoms with Crippen molar-refractivity contribution in [1.82, 2.24) is 0 Å². The van der Waals surface area contributed by atoms with Gasteiger partial charge in [0.05, 0.1) is 0 Å². The van der Waals surface area contributed by atoms with E-state index < -0.39 is 54.5 Å². The maximum atomic E-state index is 13.5. The summed E-state index contributed by atoms with van der Waals surface area (Å²) in [5.41, 5.74) is 0. The molecule has 0 nitrogen and oxygen atoms in total. The Balaban J connectivity index is 5.74. The van der Waals surface area contributed by atoms with E-state index in [-0.39, 0.29) is 6.42 Å². The molecular formula is C14H17F13. The molecule has 0 aromatic carbocycles. The summed E-state index contributed by atoms with van der Waals surface area (Å²) in [6.45, 7) is 2.97. The Morgan fingerprint density at radius 1 is 0.593 bits per heavy atom. The summed E-state index contributed by atoms with van der Waals surface area (Å²) in [7, 11) is 0. The summed E-state index contributed by atoms with van der Waals surface area (Å²) >= 11 is 0. The Labute approximate surface area is 146 Å². The predicted molar refractivity (Wildman–Crippen MR) is 68.7 cm³/mol. The van der Waals surface area contributed by atoms with Gasteiger partial charge in [0.2, 0.25) is 0 Å². The zero-order valence-corrected chi connectivity index (χ0v) is 14.0. The molecule has 164 valence electrons. The molecular weight excluding hydrogens is 415 g/mol. The van der Waals surface area contributed by atoms with Crippen molar-refractivity contribution in [2.24, 2.45) is 5.92 Å². The van der Waals surface area contributed by atoms with Crippen LogP contribution in [0.1, 0.15) is 46.0 Å². The van der Waals surface area contributed by atoms with Gasteiger partial charge >= 0.3 is 35.8 Å². The number of unbranched alkanes of at least 4 members (excludes halogenated alkanes) is 1. The molecule has 0 aliphatic rings. The lowest BCUT2D eigenvalue weighted by atomic mass is 9.89. The average molecular weight is 432 g/mol. The second kappa shape index (κ2) is 7.84. The van der Waals surface area contributed by atoms with Crippen molar-refractivity contribution >= 4 is 0 Å². The molecule has 0 aliphatic heterocycles. The first kappa shape index (κ1) is 26.1. The largest absolute Gasteiger partial charge is 0.460 e. The third-order valence-corrected chi connectivity index (χ3v) is 4.00. The highest BCUT2D eigenvalue weighted by Gasteiger charge is 2.90. The van der Waals surface area contributed by atoms with Gasteiger partial charge in [-0.3, -0.25) is 0 Å². The minimum Gasteiger partial charge on any atom is -0.200 e. The Morgan fingerprint density at radius 2 is 1.00 bits per heavy atom. The highest BCUT2D eigenvalue weighted by Crippen LogP contribution is 2.60. The molecule has 0 heterocycles. The maximum absolute atomic E-state index is 13.5. The van der Waals surface area contributed by atoms with Crippen LogP contribution in [0, 0.1) is 5.92 Å². The first-order chi connectivity index (χ1) is 11.7. The first-order valence-electron chi connectivity index (χ1n) is 7.66. The van der Waals surface area contributed by atoms with Crippen molar-refractivity contribution in [2.75, 3.05) is 0 Å². The summed E-state index contributed by atoms with van der Waals surface area (Å²) in [6.07, 6.45) is -9.10. The summed E-state index contributed by atoms with van der Waals surface area (Å²) in [5.74, 6) is -37.0. The highest BCUT2D eigenvalue weighted by molar-refractivity contribution is 5.10. The van der Waals surface area contributed by atoms with E-state index in [0.717, 1.165) is 0 Å². The van der Waals surface area contributed by atoms with E-state index in [0.29, 0.717) is 12.8 Å². The Morgan fingerprint density at radius 3 is 1.37 bits per heavy atom. The minimum atomic E-state index is -7.82. The van der Waals surface area contributed by atoms with Crippen LogP contribution in [-0.2, 0) is 0 Å². The van der Waals surface area contributed by atoms with Gasteiger partial charge < -0.3 is 0 Å². The molecule has 13 heteroatoms. The Kier molecular flexibility index (Phi) is 7.58. The van der Waals surface area contributed by atoms with Crippen molar-refractivity contribution < 1.29 is 57.1 Å². The van der Waals surface area contributed by atoms with Gasteiger partial charge in [-0.25, -0.2) is 0 Å². The molecule has 27 heavy (non-hydrogen) atoms. The molecule has 0 saturated carbocycles. The monoisotopic (exact) mass is 432 g/mol. The second-order valence-corrected chi connectivity index (χ2v) is 6.29. The zero-order valence-electron chi connectivity index (χ0n) is 14.0. The van der Waals surface area contributed by atoms with Crippen LogP contribution in [0.25, 0.3) is 0 Å². The molecule has 0 fully saturated rings. The quantitative estimate of drug-likeness (QED) is 0.317. The molecule has 1 unspecified atom stereocenters. The zero-order chi connectivity index (χ0) is 22.1. The third kappa shape index (κ3) is 4.57. The second-order valence-electron chi connectivity index (χ2n) is 6.29. The van der Waals surface area contributed by atoms with Crippen LogP contribution in [0.3, 0.4) is 0 Å². The van der Waals surface area contributed by atoms with E-state index >= 15 is 0 Å². The molecule has 0 N–H and O–H groups in total. The van der Waals surface area contributed by atoms with E-state index in [1.807, 2.05) is 0 Å². The van der Waals surface area contributed by atoms with Gasteiger partial charge in [0.1, 0.15) is 0 Å². The number of hydrogen-bond donors (Lipinski definition) is 0. The molecule has 0 rings (SSSR count). The van der Waals surface area contributed by atoms with Gasteiger partial charge in [-0.15, -0.1) is 0 Å². The van der Waals surface area contributed by atoms with Gasteiger partial charge in [-0.2, -0.15) is 57.1 Å². The molecule has 0 aromatic rings. The maximum Gasteiger partial charge on any atom is 0.460 e. The van der Waals surface area contributed by atoms with Gasteiger partial charge in [-0.05, 0) is 12.3 Å². The van der Waals surface area contributed by atoms with Gasteiger partial charge in [0.15, 0.2) is 0 Å². The molecule has 0 amide bonds. The van der Waals surface area contributed by atoms with Crippen LogP contribution in [0.4, 0.5) is 57.1 Å². The molecule has 1 atom stereocenters. The summed E-state index contributed by atoms with van der Waals surface area (Å²) < 4.78 is 167. The number of alkyl halides is 13. The lowest BCUT2D eigenvalue weighted by Crippen LogP contribution is -2.70. The SMILES string of the molecule is CCCCC(C)CCC(F)(F)C(F)(F)C(F)(F)C(F)(F)C(F)(F)C(F)(F)F. The van der Waals surface area contributed by atoms with Crippen molar-refractivity contribution in [2.45, 2.75) is 81.7 Å². The smallest absolute Gasteiger partial charge is 0.200 e. The van der Waals surface area contributed by atoms with Crippen LogP contribution in [-0.4, -0.2) is 35.8 Å². The first-order valence-corrected chi connectivity index (χ1v) is 7.66.